The van der Waals surface area contributed by atoms with Gasteiger partial charge in [-0.15, -0.1) is 0 Å². The summed E-state index contributed by atoms with van der Waals surface area (Å²) in [5, 5.41) is 12.5. The van der Waals surface area contributed by atoms with Crippen LogP contribution in [0.2, 0.25) is 0 Å². The van der Waals surface area contributed by atoms with E-state index in [0.717, 1.165) is 27.7 Å². The second-order valence-corrected chi connectivity index (χ2v) is 6.44. The average Bonchev–Trinajstić information content (AvgIpc) is 3.21. The van der Waals surface area contributed by atoms with Gasteiger partial charge in [-0.3, -0.25) is 0 Å². The van der Waals surface area contributed by atoms with Crippen molar-refractivity contribution in [2.75, 3.05) is 6.61 Å². The molecule has 6 heteroatoms. The zero-order chi connectivity index (χ0) is 19.3. The fraction of sp³-hybridized carbons (Fsp3) is 0.130. The Labute approximate surface area is 190 Å². The van der Waals surface area contributed by atoms with Gasteiger partial charge in [-0.1, -0.05) is 42.5 Å². The number of carboxylic acids is 1. The Morgan fingerprint density at radius 3 is 2.52 bits per heavy atom. The number of oxazole rings is 1. The molecular formula is C23H18NNaO4. The molecule has 0 bridgehead atoms. The van der Waals surface area contributed by atoms with Crippen molar-refractivity contribution in [1.82, 2.24) is 4.98 Å². The molecule has 0 aliphatic heterocycles. The molecule has 0 aliphatic carbocycles. The van der Waals surface area contributed by atoms with Crippen LogP contribution in [0, 0.1) is 0 Å². The number of aromatic nitrogens is 1. The van der Waals surface area contributed by atoms with Crippen LogP contribution in [0.5, 0.6) is 5.75 Å². The van der Waals surface area contributed by atoms with Crippen LogP contribution in [0.25, 0.3) is 33.6 Å². The van der Waals surface area contributed by atoms with Crippen molar-refractivity contribution in [2.24, 2.45) is 0 Å². The normalized spacial score (nSPS) is 10.5. The van der Waals surface area contributed by atoms with E-state index in [2.05, 4.69) is 4.98 Å². The number of ether oxygens (including phenoxy) is 1. The molecular weight excluding hydrogens is 377 g/mol. The van der Waals surface area contributed by atoms with Crippen molar-refractivity contribution in [3.8, 4) is 28.5 Å². The summed E-state index contributed by atoms with van der Waals surface area (Å²) in [5.74, 6) is 0.956. The molecule has 0 amide bonds. The largest absolute Gasteiger partial charge is 1.00 e. The first kappa shape index (κ1) is 21.1. The minimum absolute atomic E-state index is 0. The number of rotatable bonds is 7. The molecule has 3 aromatic carbocycles. The standard InChI is InChI=1S/C23H19NO4.Na/c25-22(26)7-4-12-27-20-11-10-17-13-19(9-8-18(17)14-20)23-24-15-21(28-23)16-5-2-1-3-6-16;/h1-3,5-6,8-11,13-15H,4,7,12H2,(H,25,26);/q;+1/p-1. The van der Waals surface area contributed by atoms with Crippen LogP contribution >= 0.6 is 0 Å². The van der Waals surface area contributed by atoms with E-state index < -0.39 is 5.97 Å². The number of carbonyl (C=O) groups excluding carboxylic acids is 1. The Morgan fingerprint density at radius 2 is 1.72 bits per heavy atom. The number of fused-ring (bicyclic) bond motifs is 1. The van der Waals surface area contributed by atoms with Crippen LogP contribution in [0.3, 0.4) is 0 Å². The summed E-state index contributed by atoms with van der Waals surface area (Å²) in [6.45, 7) is 0.343. The third-order valence-corrected chi connectivity index (χ3v) is 4.42. The van der Waals surface area contributed by atoms with Crippen molar-refractivity contribution >= 4 is 16.7 Å². The van der Waals surface area contributed by atoms with E-state index in [1.807, 2.05) is 66.7 Å². The van der Waals surface area contributed by atoms with Crippen molar-refractivity contribution in [1.29, 1.82) is 0 Å². The summed E-state index contributed by atoms with van der Waals surface area (Å²) in [5.41, 5.74) is 1.89. The fourth-order valence-corrected chi connectivity index (χ4v) is 3.00. The molecule has 0 atom stereocenters. The molecule has 0 spiro atoms. The first-order valence-corrected chi connectivity index (χ1v) is 9.07. The zero-order valence-electron chi connectivity index (χ0n) is 16.1. The molecule has 0 aliphatic rings. The van der Waals surface area contributed by atoms with Crippen molar-refractivity contribution < 1.29 is 48.6 Å². The molecule has 5 nitrogen and oxygen atoms in total. The Kier molecular flexibility index (Phi) is 7.09. The molecule has 0 radical (unpaired) electrons. The van der Waals surface area contributed by atoms with E-state index in [4.69, 9.17) is 9.15 Å². The number of hydrogen-bond donors (Lipinski definition) is 0. The number of hydrogen-bond acceptors (Lipinski definition) is 5. The Morgan fingerprint density at radius 1 is 0.966 bits per heavy atom. The Hall–Kier alpha value is -2.60. The van der Waals surface area contributed by atoms with Gasteiger partial charge in [-0.05, 0) is 47.9 Å². The van der Waals surface area contributed by atoms with E-state index in [1.165, 1.54) is 0 Å². The van der Waals surface area contributed by atoms with E-state index >= 15 is 0 Å². The first-order chi connectivity index (χ1) is 13.7. The third kappa shape index (κ3) is 5.26. The molecule has 1 aromatic heterocycles. The van der Waals surface area contributed by atoms with Crippen molar-refractivity contribution in [3.05, 3.63) is 72.9 Å². The third-order valence-electron chi connectivity index (χ3n) is 4.42. The van der Waals surface area contributed by atoms with Gasteiger partial charge in [-0.2, -0.15) is 0 Å². The second-order valence-electron chi connectivity index (χ2n) is 6.44. The molecule has 29 heavy (non-hydrogen) atoms. The minimum Gasteiger partial charge on any atom is -0.550 e. The summed E-state index contributed by atoms with van der Waals surface area (Å²) in [6, 6.07) is 21.6. The quantitative estimate of drug-likeness (QED) is 0.346. The van der Waals surface area contributed by atoms with E-state index in [0.29, 0.717) is 24.7 Å². The summed E-state index contributed by atoms with van der Waals surface area (Å²) < 4.78 is 11.5. The molecule has 140 valence electrons. The van der Waals surface area contributed by atoms with Crippen LogP contribution in [-0.4, -0.2) is 17.6 Å². The molecule has 1 heterocycles. The molecule has 0 N–H and O–H groups in total. The van der Waals surface area contributed by atoms with Crippen LogP contribution in [0.1, 0.15) is 12.8 Å². The number of nitrogens with zero attached hydrogens (tertiary/aromatic N) is 1. The van der Waals surface area contributed by atoms with Gasteiger partial charge in [0.2, 0.25) is 5.89 Å². The zero-order valence-corrected chi connectivity index (χ0v) is 18.1. The van der Waals surface area contributed by atoms with E-state index in [-0.39, 0.29) is 36.0 Å². The summed E-state index contributed by atoms with van der Waals surface area (Å²) in [4.78, 5) is 14.8. The van der Waals surface area contributed by atoms with Gasteiger partial charge in [0.05, 0.1) is 12.8 Å². The van der Waals surface area contributed by atoms with Crippen LogP contribution in [-0.2, 0) is 4.79 Å². The topological polar surface area (TPSA) is 75.4 Å². The first-order valence-electron chi connectivity index (χ1n) is 9.07. The molecule has 4 aromatic rings. The monoisotopic (exact) mass is 395 g/mol. The van der Waals surface area contributed by atoms with Crippen LogP contribution in [0.4, 0.5) is 0 Å². The average molecular weight is 395 g/mol. The maximum Gasteiger partial charge on any atom is 1.00 e. The van der Waals surface area contributed by atoms with Gasteiger partial charge in [-0.25, -0.2) is 4.98 Å². The smallest absolute Gasteiger partial charge is 0.550 e. The maximum absolute atomic E-state index is 10.4. The Bertz CT molecular complexity index is 1110. The van der Waals surface area contributed by atoms with Crippen LogP contribution < -0.4 is 39.4 Å². The van der Waals surface area contributed by atoms with Gasteiger partial charge < -0.3 is 19.1 Å². The minimum atomic E-state index is -1.06. The molecule has 0 fully saturated rings. The summed E-state index contributed by atoms with van der Waals surface area (Å²) >= 11 is 0. The Balaban J connectivity index is 0.00000240. The van der Waals surface area contributed by atoms with Crippen LogP contribution in [0.15, 0.2) is 77.3 Å². The predicted octanol–water partition coefficient (Wildman–Crippen LogP) is 1.07. The number of aliphatic carboxylic acids is 1. The molecule has 4 rings (SSSR count). The van der Waals surface area contributed by atoms with Gasteiger partial charge >= 0.3 is 29.6 Å². The van der Waals surface area contributed by atoms with Gasteiger partial charge in [0.25, 0.3) is 0 Å². The van der Waals surface area contributed by atoms with Gasteiger partial charge in [0.1, 0.15) is 5.75 Å². The van der Waals surface area contributed by atoms with Gasteiger partial charge in [0.15, 0.2) is 5.76 Å². The maximum atomic E-state index is 10.4. The number of carboxylic acid groups (broad SMARTS) is 1. The second kappa shape index (κ2) is 9.74. The summed E-state index contributed by atoms with van der Waals surface area (Å²) in [6.07, 6.45) is 2.16. The number of carbonyl (C=O) groups is 1. The van der Waals surface area contributed by atoms with Gasteiger partial charge in [0, 0.05) is 17.1 Å². The number of benzene rings is 3. The van der Waals surface area contributed by atoms with Crippen molar-refractivity contribution in [2.45, 2.75) is 12.8 Å². The molecule has 0 saturated heterocycles. The predicted molar refractivity (Wildman–Crippen MR) is 105 cm³/mol. The fourth-order valence-electron chi connectivity index (χ4n) is 3.00. The van der Waals surface area contributed by atoms with E-state index in [1.54, 1.807) is 6.20 Å². The molecule has 0 saturated carbocycles. The van der Waals surface area contributed by atoms with E-state index in [9.17, 15) is 9.90 Å². The SMILES string of the molecule is O=C([O-])CCCOc1ccc2cc(-c3ncc(-c4ccccc4)o3)ccc2c1.[Na+]. The summed E-state index contributed by atoms with van der Waals surface area (Å²) in [7, 11) is 0. The molecule has 0 unspecified atom stereocenters. The van der Waals surface area contributed by atoms with Crippen molar-refractivity contribution in [3.63, 3.8) is 0 Å².